The van der Waals surface area contributed by atoms with Crippen molar-refractivity contribution < 1.29 is 27.8 Å². The molecule has 2 aromatic rings. The minimum atomic E-state index is -1.03. The topological polar surface area (TPSA) is 67.9 Å². The predicted molar refractivity (Wildman–Crippen MR) is 106 cm³/mol. The maximum atomic E-state index is 14.5. The van der Waals surface area contributed by atoms with E-state index in [1.54, 1.807) is 19.9 Å². The molecule has 30 heavy (non-hydrogen) atoms. The van der Waals surface area contributed by atoms with Crippen molar-refractivity contribution in [1.82, 2.24) is 10.2 Å². The minimum absolute atomic E-state index is 0.0884. The summed E-state index contributed by atoms with van der Waals surface area (Å²) in [4.78, 5) is 26.9. The van der Waals surface area contributed by atoms with Gasteiger partial charge in [0, 0.05) is 12.1 Å². The molecule has 0 aliphatic carbocycles. The standard InChI is InChI=1S/C22H22F2N2O4/c1-3-26-18(13-30-15-11-9-14(23)10-12-15)19(21(27)29-4-2)20(25-22(26)28)16-7-5-6-8-17(16)24/h5-12,20H,3-4,13H2,1-2H3,(H,25,28)/t20-/m1/s1. The highest BCUT2D eigenvalue weighted by Crippen LogP contribution is 2.33. The molecule has 1 N–H and O–H groups in total. The van der Waals surface area contributed by atoms with Crippen LogP contribution in [0.3, 0.4) is 0 Å². The number of hydrogen-bond donors (Lipinski definition) is 1. The van der Waals surface area contributed by atoms with Crippen molar-refractivity contribution in [2.75, 3.05) is 19.8 Å². The number of benzene rings is 2. The van der Waals surface area contributed by atoms with Gasteiger partial charge in [-0.2, -0.15) is 0 Å². The number of urea groups is 1. The second-order valence-corrected chi connectivity index (χ2v) is 6.47. The molecule has 1 aliphatic rings. The lowest BCUT2D eigenvalue weighted by atomic mass is 9.94. The van der Waals surface area contributed by atoms with Crippen molar-refractivity contribution >= 4 is 12.0 Å². The van der Waals surface area contributed by atoms with Crippen LogP contribution in [0.1, 0.15) is 25.5 Å². The summed E-state index contributed by atoms with van der Waals surface area (Å²) in [6.07, 6.45) is 0. The van der Waals surface area contributed by atoms with Crippen molar-refractivity contribution in [1.29, 1.82) is 0 Å². The number of amides is 2. The van der Waals surface area contributed by atoms with Crippen LogP contribution in [0.2, 0.25) is 0 Å². The quantitative estimate of drug-likeness (QED) is 0.694. The van der Waals surface area contributed by atoms with Gasteiger partial charge in [0.05, 0.1) is 23.9 Å². The van der Waals surface area contributed by atoms with Crippen LogP contribution in [-0.4, -0.2) is 36.7 Å². The molecule has 2 amide bonds. The zero-order valence-corrected chi connectivity index (χ0v) is 16.7. The zero-order valence-electron chi connectivity index (χ0n) is 16.7. The number of likely N-dealkylation sites (N-methyl/N-ethyl adjacent to an activating group) is 1. The summed E-state index contributed by atoms with van der Waals surface area (Å²) in [7, 11) is 0. The first-order valence-corrected chi connectivity index (χ1v) is 9.57. The molecular weight excluding hydrogens is 394 g/mol. The SMILES string of the molecule is CCOC(=O)C1=C(COc2ccc(F)cc2)N(CC)C(=O)N[C@@H]1c1ccccc1F. The van der Waals surface area contributed by atoms with E-state index in [0.717, 1.165) is 0 Å². The van der Waals surface area contributed by atoms with Gasteiger partial charge >= 0.3 is 12.0 Å². The van der Waals surface area contributed by atoms with Gasteiger partial charge in [0.15, 0.2) is 0 Å². The molecule has 2 aromatic carbocycles. The molecule has 0 bridgehead atoms. The monoisotopic (exact) mass is 416 g/mol. The van der Waals surface area contributed by atoms with E-state index in [1.807, 2.05) is 0 Å². The average Bonchev–Trinajstić information content (AvgIpc) is 2.73. The first-order valence-electron chi connectivity index (χ1n) is 9.57. The molecule has 1 heterocycles. The second-order valence-electron chi connectivity index (χ2n) is 6.47. The number of halogens is 2. The third-order valence-electron chi connectivity index (χ3n) is 4.66. The molecule has 1 atom stereocenters. The number of nitrogens with zero attached hydrogens (tertiary/aromatic N) is 1. The van der Waals surface area contributed by atoms with Crippen LogP contribution in [0, 0.1) is 11.6 Å². The van der Waals surface area contributed by atoms with E-state index in [2.05, 4.69) is 5.32 Å². The van der Waals surface area contributed by atoms with Crippen LogP contribution in [0.4, 0.5) is 13.6 Å². The minimum Gasteiger partial charge on any atom is -0.487 e. The van der Waals surface area contributed by atoms with Crippen molar-refractivity contribution in [3.05, 3.63) is 77.0 Å². The fourth-order valence-electron chi connectivity index (χ4n) is 3.27. The molecule has 1 aliphatic heterocycles. The van der Waals surface area contributed by atoms with Crippen LogP contribution in [0.5, 0.6) is 5.75 Å². The summed E-state index contributed by atoms with van der Waals surface area (Å²) >= 11 is 0. The van der Waals surface area contributed by atoms with Gasteiger partial charge in [-0.15, -0.1) is 0 Å². The lowest BCUT2D eigenvalue weighted by Crippen LogP contribution is -2.49. The van der Waals surface area contributed by atoms with E-state index in [9.17, 15) is 18.4 Å². The van der Waals surface area contributed by atoms with E-state index >= 15 is 0 Å². The van der Waals surface area contributed by atoms with E-state index in [1.165, 1.54) is 47.4 Å². The summed E-state index contributed by atoms with van der Waals surface area (Å²) in [5.41, 5.74) is 0.492. The average molecular weight is 416 g/mol. The maximum absolute atomic E-state index is 14.5. The number of ether oxygens (including phenoxy) is 2. The van der Waals surface area contributed by atoms with Gasteiger partial charge in [-0.1, -0.05) is 18.2 Å². The van der Waals surface area contributed by atoms with Crippen LogP contribution in [0.25, 0.3) is 0 Å². The van der Waals surface area contributed by atoms with Gasteiger partial charge in [0.1, 0.15) is 24.0 Å². The van der Waals surface area contributed by atoms with E-state index in [-0.39, 0.29) is 36.6 Å². The molecular formula is C22H22F2N2O4. The lowest BCUT2D eigenvalue weighted by molar-refractivity contribution is -0.139. The number of nitrogens with one attached hydrogen (secondary N) is 1. The Bertz CT molecular complexity index is 960. The highest BCUT2D eigenvalue weighted by atomic mass is 19.1. The molecule has 0 aromatic heterocycles. The Labute approximate surface area is 173 Å². The number of esters is 1. The van der Waals surface area contributed by atoms with Gasteiger partial charge in [0.2, 0.25) is 0 Å². The van der Waals surface area contributed by atoms with Gasteiger partial charge in [-0.3, -0.25) is 4.90 Å². The zero-order chi connectivity index (χ0) is 21.7. The van der Waals surface area contributed by atoms with E-state index < -0.39 is 29.7 Å². The van der Waals surface area contributed by atoms with Gasteiger partial charge < -0.3 is 14.8 Å². The second kappa shape index (κ2) is 9.39. The molecule has 0 saturated carbocycles. The molecule has 0 radical (unpaired) electrons. The molecule has 0 spiro atoms. The largest absolute Gasteiger partial charge is 0.487 e. The summed E-state index contributed by atoms with van der Waals surface area (Å²) < 4.78 is 38.6. The first kappa shape index (κ1) is 21.3. The Morgan fingerprint density at radius 1 is 1.10 bits per heavy atom. The summed E-state index contributed by atoms with van der Waals surface area (Å²) in [6, 6.07) is 9.73. The van der Waals surface area contributed by atoms with Gasteiger partial charge in [-0.25, -0.2) is 18.4 Å². The summed E-state index contributed by atoms with van der Waals surface area (Å²) in [6.45, 7) is 3.60. The third-order valence-corrected chi connectivity index (χ3v) is 4.66. The Morgan fingerprint density at radius 2 is 1.80 bits per heavy atom. The van der Waals surface area contributed by atoms with Crippen molar-refractivity contribution in [3.8, 4) is 5.75 Å². The molecule has 8 heteroatoms. The van der Waals surface area contributed by atoms with Crippen LogP contribution in [0.15, 0.2) is 59.8 Å². The molecule has 6 nitrogen and oxygen atoms in total. The van der Waals surface area contributed by atoms with E-state index in [4.69, 9.17) is 9.47 Å². The number of carbonyl (C=O) groups excluding carboxylic acids is 2. The molecule has 0 saturated heterocycles. The molecule has 3 rings (SSSR count). The molecule has 0 unspecified atom stereocenters. The predicted octanol–water partition coefficient (Wildman–Crippen LogP) is 3.95. The number of hydrogen-bond acceptors (Lipinski definition) is 4. The number of carbonyl (C=O) groups is 2. The Balaban J connectivity index is 2.07. The van der Waals surface area contributed by atoms with Crippen LogP contribution in [-0.2, 0) is 9.53 Å². The summed E-state index contributed by atoms with van der Waals surface area (Å²) in [5, 5.41) is 2.68. The Kier molecular flexibility index (Phi) is 6.66. The highest BCUT2D eigenvalue weighted by Gasteiger charge is 2.38. The lowest BCUT2D eigenvalue weighted by Gasteiger charge is -2.36. The van der Waals surface area contributed by atoms with Crippen LogP contribution >= 0.6 is 0 Å². The van der Waals surface area contributed by atoms with Crippen molar-refractivity contribution in [2.45, 2.75) is 19.9 Å². The van der Waals surface area contributed by atoms with Crippen LogP contribution < -0.4 is 10.1 Å². The summed E-state index contributed by atoms with van der Waals surface area (Å²) in [5.74, 6) is -1.30. The fourth-order valence-corrected chi connectivity index (χ4v) is 3.27. The fraction of sp³-hybridized carbons (Fsp3) is 0.273. The van der Waals surface area contributed by atoms with E-state index in [0.29, 0.717) is 5.75 Å². The number of rotatable bonds is 7. The first-order chi connectivity index (χ1) is 14.5. The van der Waals surface area contributed by atoms with Crippen molar-refractivity contribution in [2.24, 2.45) is 0 Å². The highest BCUT2D eigenvalue weighted by molar-refractivity contribution is 5.95. The third kappa shape index (κ3) is 4.42. The van der Waals surface area contributed by atoms with Gasteiger partial charge in [0.25, 0.3) is 0 Å². The Hall–Kier alpha value is -3.42. The van der Waals surface area contributed by atoms with Gasteiger partial charge in [-0.05, 0) is 44.2 Å². The van der Waals surface area contributed by atoms with Crippen molar-refractivity contribution in [3.63, 3.8) is 0 Å². The molecule has 0 fully saturated rings. The smallest absolute Gasteiger partial charge is 0.338 e. The molecule has 158 valence electrons. The normalized spacial score (nSPS) is 16.3. The maximum Gasteiger partial charge on any atom is 0.338 e. The Morgan fingerprint density at radius 3 is 2.43 bits per heavy atom.